The molecule has 0 radical (unpaired) electrons. The van der Waals surface area contributed by atoms with Gasteiger partial charge in [0.15, 0.2) is 0 Å². The van der Waals surface area contributed by atoms with Crippen LogP contribution in [-0.2, 0) is 14.8 Å². The Morgan fingerprint density at radius 1 is 1.33 bits per heavy atom. The number of nitrogens with two attached hydrogens (primary N) is 1. The minimum atomic E-state index is -3.23. The fraction of sp³-hybridized carbons (Fsp3) is 0.688. The van der Waals surface area contributed by atoms with E-state index in [1.54, 1.807) is 13.8 Å². The van der Waals surface area contributed by atoms with E-state index in [1.807, 2.05) is 12.2 Å². The third kappa shape index (κ3) is 6.92. The second kappa shape index (κ2) is 9.68. The Morgan fingerprint density at radius 3 is 2.58 bits per heavy atom. The molecule has 0 spiro atoms. The zero-order valence-corrected chi connectivity index (χ0v) is 15.2. The number of carbonyl (C=O) groups excluding carboxylic acids is 1. The minimum absolute atomic E-state index is 0.0289. The molecule has 0 aromatic carbocycles. The van der Waals surface area contributed by atoms with Gasteiger partial charge in [0, 0.05) is 31.1 Å². The molecule has 0 saturated heterocycles. The zero-order chi connectivity index (χ0) is 18.2. The number of carbonyl (C=O) groups is 1. The van der Waals surface area contributed by atoms with Gasteiger partial charge in [-0.25, -0.2) is 13.1 Å². The summed E-state index contributed by atoms with van der Waals surface area (Å²) in [5.74, 6) is 0.0328. The van der Waals surface area contributed by atoms with Crippen molar-refractivity contribution in [2.24, 2.45) is 11.7 Å². The van der Waals surface area contributed by atoms with Gasteiger partial charge in [-0.3, -0.25) is 4.79 Å². The fourth-order valence-corrected chi connectivity index (χ4v) is 3.14. The number of amides is 1. The molecule has 0 fully saturated rings. The maximum Gasteiger partial charge on any atom is 0.220 e. The van der Waals surface area contributed by atoms with Crippen molar-refractivity contribution in [2.75, 3.05) is 6.54 Å². The summed E-state index contributed by atoms with van der Waals surface area (Å²) in [5, 5.41) is 12.0. The molecule has 1 amide bonds. The summed E-state index contributed by atoms with van der Waals surface area (Å²) in [5.41, 5.74) is 5.28. The normalized spacial score (nSPS) is 21.9. The molecule has 2 atom stereocenters. The van der Waals surface area contributed by atoms with E-state index < -0.39 is 15.3 Å². The van der Waals surface area contributed by atoms with Gasteiger partial charge < -0.3 is 16.2 Å². The molecule has 1 aliphatic carbocycles. The number of sulfonamides is 1. The summed E-state index contributed by atoms with van der Waals surface area (Å²) in [4.78, 5) is 11.9. The predicted molar refractivity (Wildman–Crippen MR) is 94.6 cm³/mol. The molecule has 1 rings (SSSR count). The standard InChI is InChI=1S/C16H29N3O4S/c1-12(2)24(22,23)18-10-4-3-5-16(21)19-14-8-6-13(7-9-14)15(20)11-17/h6,8,11-14,18,20H,3-5,7,9-10,17H2,1-2H3,(H,19,21)/b15-11-. The second-order valence-corrected chi connectivity index (χ2v) is 8.60. The summed E-state index contributed by atoms with van der Waals surface area (Å²) in [6.45, 7) is 3.60. The van der Waals surface area contributed by atoms with E-state index in [0.29, 0.717) is 25.8 Å². The van der Waals surface area contributed by atoms with Crippen LogP contribution < -0.4 is 15.8 Å². The third-order valence-corrected chi connectivity index (χ3v) is 5.86. The number of rotatable bonds is 9. The largest absolute Gasteiger partial charge is 0.510 e. The van der Waals surface area contributed by atoms with Crippen molar-refractivity contribution in [1.29, 1.82) is 0 Å². The van der Waals surface area contributed by atoms with Crippen LogP contribution in [0.1, 0.15) is 46.0 Å². The molecule has 5 N–H and O–H groups in total. The van der Waals surface area contributed by atoms with Crippen LogP contribution in [0.3, 0.4) is 0 Å². The van der Waals surface area contributed by atoms with Crippen molar-refractivity contribution in [1.82, 2.24) is 10.0 Å². The van der Waals surface area contributed by atoms with Crippen molar-refractivity contribution < 1.29 is 18.3 Å². The average Bonchev–Trinajstić information content (AvgIpc) is 2.54. The zero-order valence-electron chi connectivity index (χ0n) is 14.4. The minimum Gasteiger partial charge on any atom is -0.510 e. The number of hydrogen-bond acceptors (Lipinski definition) is 5. The molecule has 0 aromatic rings. The lowest BCUT2D eigenvalue weighted by molar-refractivity contribution is -0.121. The highest BCUT2D eigenvalue weighted by Gasteiger charge is 2.19. The molecular formula is C16H29N3O4S. The molecule has 8 heteroatoms. The van der Waals surface area contributed by atoms with Crippen LogP contribution in [0.25, 0.3) is 0 Å². The molecule has 138 valence electrons. The molecule has 0 aromatic heterocycles. The SMILES string of the molecule is CC(C)S(=O)(=O)NCCCCC(=O)NC1C=CC(/C(O)=C/N)CC1. The van der Waals surface area contributed by atoms with Crippen LogP contribution in [-0.4, -0.2) is 37.3 Å². The van der Waals surface area contributed by atoms with Gasteiger partial charge in [-0.05, 0) is 39.5 Å². The van der Waals surface area contributed by atoms with E-state index in [2.05, 4.69) is 10.0 Å². The number of aliphatic hydroxyl groups is 1. The van der Waals surface area contributed by atoms with Crippen LogP contribution in [0.4, 0.5) is 0 Å². The van der Waals surface area contributed by atoms with E-state index >= 15 is 0 Å². The van der Waals surface area contributed by atoms with Crippen molar-refractivity contribution in [3.8, 4) is 0 Å². The van der Waals surface area contributed by atoms with Gasteiger partial charge in [-0.15, -0.1) is 0 Å². The smallest absolute Gasteiger partial charge is 0.220 e. The highest BCUT2D eigenvalue weighted by atomic mass is 32.2. The van der Waals surface area contributed by atoms with Crippen LogP contribution in [0, 0.1) is 5.92 Å². The van der Waals surface area contributed by atoms with Crippen molar-refractivity contribution in [3.05, 3.63) is 24.1 Å². The first-order valence-electron chi connectivity index (χ1n) is 8.33. The van der Waals surface area contributed by atoms with E-state index in [0.717, 1.165) is 12.8 Å². The van der Waals surface area contributed by atoms with Gasteiger partial charge in [-0.2, -0.15) is 0 Å². The summed E-state index contributed by atoms with van der Waals surface area (Å²) < 4.78 is 25.6. The quantitative estimate of drug-likeness (QED) is 0.281. The maximum atomic E-state index is 11.9. The van der Waals surface area contributed by atoms with Crippen molar-refractivity contribution in [2.45, 2.75) is 57.2 Å². The van der Waals surface area contributed by atoms with Gasteiger partial charge in [0.25, 0.3) is 0 Å². The predicted octanol–water partition coefficient (Wildman–Crippen LogP) is 1.29. The van der Waals surface area contributed by atoms with Crippen LogP contribution >= 0.6 is 0 Å². The van der Waals surface area contributed by atoms with E-state index in [-0.39, 0.29) is 23.6 Å². The highest BCUT2D eigenvalue weighted by molar-refractivity contribution is 7.90. The summed E-state index contributed by atoms with van der Waals surface area (Å²) in [6, 6.07) is -0.0289. The molecular weight excluding hydrogens is 330 g/mol. The van der Waals surface area contributed by atoms with Crippen molar-refractivity contribution in [3.63, 3.8) is 0 Å². The first-order valence-corrected chi connectivity index (χ1v) is 9.87. The molecule has 7 nitrogen and oxygen atoms in total. The van der Waals surface area contributed by atoms with Gasteiger partial charge >= 0.3 is 0 Å². The molecule has 24 heavy (non-hydrogen) atoms. The van der Waals surface area contributed by atoms with Gasteiger partial charge in [0.2, 0.25) is 15.9 Å². The molecule has 0 heterocycles. The summed E-state index contributed by atoms with van der Waals surface area (Å²) in [6.07, 6.45) is 8.03. The first-order chi connectivity index (χ1) is 11.3. The number of aliphatic hydroxyl groups excluding tert-OH is 1. The average molecular weight is 359 g/mol. The van der Waals surface area contributed by atoms with Gasteiger partial charge in [-0.1, -0.05) is 12.2 Å². The summed E-state index contributed by atoms with van der Waals surface area (Å²) >= 11 is 0. The number of nitrogens with one attached hydrogen (secondary N) is 2. The first kappa shape index (κ1) is 20.5. The van der Waals surface area contributed by atoms with Gasteiger partial charge in [0.05, 0.1) is 5.25 Å². The lowest BCUT2D eigenvalue weighted by Gasteiger charge is -2.23. The Balaban J connectivity index is 2.22. The van der Waals surface area contributed by atoms with E-state index in [1.165, 1.54) is 6.20 Å². The lowest BCUT2D eigenvalue weighted by Crippen LogP contribution is -2.35. The Morgan fingerprint density at radius 2 is 2.04 bits per heavy atom. The lowest BCUT2D eigenvalue weighted by atomic mass is 9.91. The fourth-order valence-electron chi connectivity index (χ4n) is 2.38. The number of allylic oxidation sites excluding steroid dienone is 1. The third-order valence-electron chi connectivity index (χ3n) is 4.02. The Bertz CT molecular complexity index is 570. The number of hydrogen-bond donors (Lipinski definition) is 4. The Hall–Kier alpha value is -1.54. The molecule has 0 aliphatic heterocycles. The molecule has 0 saturated carbocycles. The maximum absolute atomic E-state index is 11.9. The highest BCUT2D eigenvalue weighted by Crippen LogP contribution is 2.22. The monoisotopic (exact) mass is 359 g/mol. The molecule has 2 unspecified atom stereocenters. The summed E-state index contributed by atoms with van der Waals surface area (Å²) in [7, 11) is -3.23. The van der Waals surface area contributed by atoms with E-state index in [9.17, 15) is 18.3 Å². The van der Waals surface area contributed by atoms with Crippen LogP contribution in [0.15, 0.2) is 24.1 Å². The number of unbranched alkanes of at least 4 members (excludes halogenated alkanes) is 1. The van der Waals surface area contributed by atoms with Crippen molar-refractivity contribution >= 4 is 15.9 Å². The molecule has 0 bridgehead atoms. The van der Waals surface area contributed by atoms with Crippen LogP contribution in [0.2, 0.25) is 0 Å². The Kier molecular flexibility index (Phi) is 8.27. The van der Waals surface area contributed by atoms with Gasteiger partial charge in [0.1, 0.15) is 5.76 Å². The topological polar surface area (TPSA) is 122 Å². The van der Waals surface area contributed by atoms with E-state index in [4.69, 9.17) is 5.73 Å². The Labute approximate surface area is 144 Å². The molecule has 1 aliphatic rings. The van der Waals surface area contributed by atoms with Crippen LogP contribution in [0.5, 0.6) is 0 Å². The second-order valence-electron chi connectivity index (χ2n) is 6.28.